The van der Waals surface area contributed by atoms with E-state index in [-0.39, 0.29) is 22.5 Å². The Morgan fingerprint density at radius 2 is 1.36 bits per heavy atom. The van der Waals surface area contributed by atoms with Crippen LogP contribution >= 0.6 is 0 Å². The molecule has 0 spiro atoms. The van der Waals surface area contributed by atoms with Crippen molar-refractivity contribution in [2.24, 2.45) is 0 Å². The van der Waals surface area contributed by atoms with Crippen molar-refractivity contribution < 1.29 is 19.2 Å². The Bertz CT molecular complexity index is 1560. The van der Waals surface area contributed by atoms with Gasteiger partial charge in [-0.05, 0) is 61.4 Å². The van der Waals surface area contributed by atoms with Gasteiger partial charge >= 0.3 is 0 Å². The van der Waals surface area contributed by atoms with E-state index in [2.05, 4.69) is 5.32 Å². The van der Waals surface area contributed by atoms with Crippen molar-refractivity contribution in [2.75, 3.05) is 10.2 Å². The lowest BCUT2D eigenvalue weighted by Gasteiger charge is -2.17. The smallest absolute Gasteiger partial charge is 0.266 e. The lowest BCUT2D eigenvalue weighted by Crippen LogP contribution is -2.30. The maximum Gasteiger partial charge on any atom is 0.266 e. The van der Waals surface area contributed by atoms with Gasteiger partial charge in [0.25, 0.3) is 17.7 Å². The van der Waals surface area contributed by atoms with Crippen LogP contribution in [0.5, 0.6) is 0 Å². The fourth-order valence-corrected chi connectivity index (χ4v) is 4.28. The lowest BCUT2D eigenvalue weighted by molar-refractivity contribution is 0.0924. The molecule has 0 saturated carbocycles. The van der Waals surface area contributed by atoms with E-state index in [9.17, 15) is 19.2 Å². The monoisotopic (exact) mass is 474 g/mol. The first kappa shape index (κ1) is 22.9. The number of carbonyl (C=O) groups is 4. The highest BCUT2D eigenvalue weighted by molar-refractivity contribution is 6.35. The lowest BCUT2D eigenvalue weighted by atomic mass is 10.0. The van der Waals surface area contributed by atoms with Crippen LogP contribution in [0.1, 0.15) is 58.1 Å². The fourth-order valence-electron chi connectivity index (χ4n) is 4.28. The maximum absolute atomic E-state index is 13.2. The number of hydrogen-bond donors (Lipinski definition) is 1. The molecule has 0 aromatic heterocycles. The summed E-state index contributed by atoms with van der Waals surface area (Å²) in [7, 11) is 0. The average Bonchev–Trinajstić information content (AvgIpc) is 3.15. The number of nitrogens with one attached hydrogen (secondary N) is 1. The van der Waals surface area contributed by atoms with Gasteiger partial charge < -0.3 is 5.32 Å². The number of nitrogens with zero attached hydrogens (tertiary/aromatic N) is 1. The minimum absolute atomic E-state index is 0.153. The number of aryl methyl sites for hydroxylation is 1. The van der Waals surface area contributed by atoms with Crippen molar-refractivity contribution in [3.8, 4) is 0 Å². The topological polar surface area (TPSA) is 83.6 Å². The number of ketones is 1. The van der Waals surface area contributed by atoms with Crippen LogP contribution in [0.25, 0.3) is 0 Å². The number of imide groups is 1. The summed E-state index contributed by atoms with van der Waals surface area (Å²) in [6, 6.07) is 25.5. The first-order valence-corrected chi connectivity index (χ1v) is 11.5. The molecular weight excluding hydrogens is 452 g/mol. The Kier molecular flexibility index (Phi) is 5.78. The third kappa shape index (κ3) is 3.99. The molecule has 1 aliphatic heterocycles. The van der Waals surface area contributed by atoms with Crippen LogP contribution in [0.15, 0.2) is 91.0 Å². The van der Waals surface area contributed by atoms with Crippen molar-refractivity contribution in [3.63, 3.8) is 0 Å². The molecule has 1 heterocycles. The Morgan fingerprint density at radius 1 is 0.667 bits per heavy atom. The maximum atomic E-state index is 13.2. The average molecular weight is 475 g/mol. The first-order chi connectivity index (χ1) is 17.3. The minimum Gasteiger partial charge on any atom is -0.322 e. The third-order valence-electron chi connectivity index (χ3n) is 6.38. The second kappa shape index (κ2) is 9.07. The van der Waals surface area contributed by atoms with Crippen molar-refractivity contribution in [2.45, 2.75) is 13.8 Å². The predicted octanol–water partition coefficient (Wildman–Crippen LogP) is 5.59. The second-order valence-corrected chi connectivity index (χ2v) is 8.66. The van der Waals surface area contributed by atoms with Gasteiger partial charge in [0.05, 0.1) is 16.8 Å². The van der Waals surface area contributed by atoms with Crippen LogP contribution in [0, 0.1) is 13.8 Å². The van der Waals surface area contributed by atoms with Crippen LogP contribution in [0.2, 0.25) is 0 Å². The van der Waals surface area contributed by atoms with Gasteiger partial charge in [-0.3, -0.25) is 19.2 Å². The Morgan fingerprint density at radius 3 is 2.14 bits per heavy atom. The van der Waals surface area contributed by atoms with Gasteiger partial charge in [0.1, 0.15) is 0 Å². The van der Waals surface area contributed by atoms with E-state index in [1.54, 1.807) is 60.7 Å². The van der Waals surface area contributed by atoms with Crippen LogP contribution in [0.3, 0.4) is 0 Å². The largest absolute Gasteiger partial charge is 0.322 e. The number of carbonyl (C=O) groups excluding carboxylic acids is 4. The van der Waals surface area contributed by atoms with Crippen LogP contribution in [-0.2, 0) is 0 Å². The molecule has 1 aliphatic rings. The van der Waals surface area contributed by atoms with E-state index in [4.69, 9.17) is 0 Å². The van der Waals surface area contributed by atoms with Gasteiger partial charge in [-0.25, -0.2) is 4.90 Å². The molecule has 0 bridgehead atoms. The summed E-state index contributed by atoms with van der Waals surface area (Å²) >= 11 is 0. The minimum atomic E-state index is -0.464. The van der Waals surface area contributed by atoms with Crippen molar-refractivity contribution >= 4 is 34.9 Å². The summed E-state index contributed by atoms with van der Waals surface area (Å²) in [5, 5.41) is 2.78. The highest BCUT2D eigenvalue weighted by Crippen LogP contribution is 2.32. The molecule has 0 fully saturated rings. The molecule has 176 valence electrons. The molecule has 0 unspecified atom stereocenters. The molecule has 5 rings (SSSR count). The van der Waals surface area contributed by atoms with Crippen LogP contribution < -0.4 is 10.2 Å². The quantitative estimate of drug-likeness (QED) is 0.302. The van der Waals surface area contributed by atoms with E-state index in [0.717, 1.165) is 16.0 Å². The SMILES string of the molecule is Cc1cccc(N2C(=O)c3ccc(C(=O)Nc4cccc(C(=O)c5ccccc5)c4)cc3C2=O)c1C. The van der Waals surface area contributed by atoms with Gasteiger partial charge in [0.2, 0.25) is 0 Å². The Balaban J connectivity index is 1.39. The zero-order valence-electron chi connectivity index (χ0n) is 19.7. The first-order valence-electron chi connectivity index (χ1n) is 11.5. The summed E-state index contributed by atoms with van der Waals surface area (Å²) in [6.07, 6.45) is 0. The molecule has 0 radical (unpaired) electrons. The number of anilines is 2. The highest BCUT2D eigenvalue weighted by Gasteiger charge is 2.38. The Hall–Kier alpha value is -4.84. The normalized spacial score (nSPS) is 12.4. The fraction of sp³-hybridized carbons (Fsp3) is 0.0667. The molecule has 4 aromatic rings. The molecule has 1 N–H and O–H groups in total. The standard InChI is InChI=1S/C30H22N2O4/c1-18-8-6-13-26(19(18)2)32-29(35)24-15-14-22(17-25(24)30(32)36)28(34)31-23-12-7-11-21(16-23)27(33)20-9-4-3-5-10-20/h3-17H,1-2H3,(H,31,34). The number of benzene rings is 4. The molecule has 0 saturated heterocycles. The van der Waals surface area contributed by atoms with E-state index in [1.165, 1.54) is 18.2 Å². The van der Waals surface area contributed by atoms with E-state index in [0.29, 0.717) is 22.5 Å². The highest BCUT2D eigenvalue weighted by atomic mass is 16.2. The summed E-state index contributed by atoms with van der Waals surface area (Å²) in [5.74, 6) is -1.48. The summed E-state index contributed by atoms with van der Waals surface area (Å²) in [5.41, 5.74) is 4.46. The van der Waals surface area contributed by atoms with Gasteiger partial charge in [-0.1, -0.05) is 54.6 Å². The van der Waals surface area contributed by atoms with Crippen molar-refractivity contribution in [3.05, 3.63) is 130 Å². The second-order valence-electron chi connectivity index (χ2n) is 8.66. The summed E-state index contributed by atoms with van der Waals surface area (Å²) in [4.78, 5) is 53.1. The summed E-state index contributed by atoms with van der Waals surface area (Å²) in [6.45, 7) is 3.78. The summed E-state index contributed by atoms with van der Waals surface area (Å²) < 4.78 is 0. The van der Waals surface area contributed by atoms with Gasteiger partial charge in [-0.15, -0.1) is 0 Å². The number of amides is 3. The zero-order chi connectivity index (χ0) is 25.4. The van der Waals surface area contributed by atoms with Gasteiger partial charge in [0.15, 0.2) is 5.78 Å². The molecule has 0 atom stereocenters. The van der Waals surface area contributed by atoms with Gasteiger partial charge in [-0.2, -0.15) is 0 Å². The third-order valence-corrected chi connectivity index (χ3v) is 6.38. The Labute approximate surface area is 208 Å². The zero-order valence-corrected chi connectivity index (χ0v) is 19.7. The molecule has 3 amide bonds. The number of fused-ring (bicyclic) bond motifs is 1. The molecular formula is C30H22N2O4. The van der Waals surface area contributed by atoms with E-state index < -0.39 is 17.7 Å². The number of hydrogen-bond acceptors (Lipinski definition) is 4. The molecule has 6 heteroatoms. The van der Waals surface area contributed by atoms with E-state index >= 15 is 0 Å². The van der Waals surface area contributed by atoms with Crippen molar-refractivity contribution in [1.82, 2.24) is 0 Å². The molecule has 4 aromatic carbocycles. The van der Waals surface area contributed by atoms with Gasteiger partial charge in [0, 0.05) is 22.4 Å². The number of rotatable bonds is 5. The van der Waals surface area contributed by atoms with Crippen LogP contribution in [-0.4, -0.2) is 23.5 Å². The predicted molar refractivity (Wildman–Crippen MR) is 138 cm³/mol. The van der Waals surface area contributed by atoms with Crippen LogP contribution in [0.4, 0.5) is 11.4 Å². The van der Waals surface area contributed by atoms with E-state index in [1.807, 2.05) is 26.0 Å². The molecule has 6 nitrogen and oxygen atoms in total. The van der Waals surface area contributed by atoms with Crippen molar-refractivity contribution in [1.29, 1.82) is 0 Å². The molecule has 36 heavy (non-hydrogen) atoms. The molecule has 0 aliphatic carbocycles.